The Balaban J connectivity index is 0.00000121. The number of hydrogen-bond donors (Lipinski definition) is 0. The Kier molecular flexibility index (Phi) is 5.91. The molecule has 0 atom stereocenters. The van der Waals surface area contributed by atoms with Crippen molar-refractivity contribution in [2.75, 3.05) is 6.61 Å². The second-order valence-electron chi connectivity index (χ2n) is 1.76. The zero-order valence-electron chi connectivity index (χ0n) is 6.67. The summed E-state index contributed by atoms with van der Waals surface area (Å²) in [5, 5.41) is 3.61. The van der Waals surface area contributed by atoms with Crippen molar-refractivity contribution in [2.45, 2.75) is 6.92 Å². The van der Waals surface area contributed by atoms with Crippen LogP contribution in [-0.4, -0.2) is 22.8 Å². The van der Waals surface area contributed by atoms with Gasteiger partial charge in [0, 0.05) is 12.4 Å². The number of nitrogens with zero attached hydrogens (tertiary/aromatic N) is 3. The van der Waals surface area contributed by atoms with Crippen molar-refractivity contribution < 1.29 is 4.84 Å². The summed E-state index contributed by atoms with van der Waals surface area (Å²) in [5.41, 5.74) is 0. The van der Waals surface area contributed by atoms with Crippen molar-refractivity contribution in [3.8, 4) is 0 Å². The van der Waals surface area contributed by atoms with Gasteiger partial charge in [-0.15, -0.1) is 12.4 Å². The molecule has 0 aromatic carbocycles. The average Bonchev–Trinajstić information content (AvgIpc) is 2.07. The van der Waals surface area contributed by atoms with Crippen LogP contribution >= 0.6 is 12.4 Å². The molecule has 1 heterocycles. The molecule has 0 bridgehead atoms. The van der Waals surface area contributed by atoms with Crippen molar-refractivity contribution in [1.29, 1.82) is 0 Å². The minimum absolute atomic E-state index is 0. The number of oxime groups is 1. The first-order chi connectivity index (χ1) is 5.43. The van der Waals surface area contributed by atoms with Gasteiger partial charge in [0.05, 0.1) is 0 Å². The lowest BCUT2D eigenvalue weighted by molar-refractivity contribution is 0.160. The summed E-state index contributed by atoms with van der Waals surface area (Å²) in [6.07, 6.45) is 4.78. The van der Waals surface area contributed by atoms with Gasteiger partial charge < -0.3 is 4.84 Å². The number of rotatable bonds is 3. The van der Waals surface area contributed by atoms with Crippen molar-refractivity contribution in [3.05, 3.63) is 24.3 Å². The van der Waals surface area contributed by atoms with Crippen LogP contribution in [0.3, 0.4) is 0 Å². The summed E-state index contributed by atoms with van der Waals surface area (Å²) in [6.45, 7) is 2.42. The molecule has 0 unspecified atom stereocenters. The van der Waals surface area contributed by atoms with E-state index in [4.69, 9.17) is 4.84 Å². The maximum Gasteiger partial charge on any atom is 0.173 e. The highest BCUT2D eigenvalue weighted by atomic mass is 35.5. The van der Waals surface area contributed by atoms with Gasteiger partial charge in [0.2, 0.25) is 0 Å². The van der Waals surface area contributed by atoms with Crippen LogP contribution in [-0.2, 0) is 4.84 Å². The van der Waals surface area contributed by atoms with Crippen LogP contribution in [0.5, 0.6) is 0 Å². The molecule has 0 saturated heterocycles. The zero-order chi connectivity index (χ0) is 7.94. The minimum atomic E-state index is 0. The average molecular weight is 188 g/mol. The van der Waals surface area contributed by atoms with Gasteiger partial charge in [-0.3, -0.25) is 0 Å². The van der Waals surface area contributed by atoms with Gasteiger partial charge in [-0.2, -0.15) is 0 Å². The molecule has 0 spiro atoms. The van der Waals surface area contributed by atoms with Crippen molar-refractivity contribution in [1.82, 2.24) is 9.97 Å². The van der Waals surface area contributed by atoms with Gasteiger partial charge >= 0.3 is 0 Å². The van der Waals surface area contributed by atoms with Gasteiger partial charge in [-0.1, -0.05) is 5.16 Å². The molecule has 1 aromatic heterocycles. The topological polar surface area (TPSA) is 47.4 Å². The summed E-state index contributed by atoms with van der Waals surface area (Å²) in [5.74, 6) is 0.556. The lowest BCUT2D eigenvalue weighted by Gasteiger charge is -1.89. The van der Waals surface area contributed by atoms with E-state index in [1.807, 2.05) is 6.92 Å². The number of aromatic nitrogens is 2. The van der Waals surface area contributed by atoms with Gasteiger partial charge in [-0.25, -0.2) is 9.97 Å². The van der Waals surface area contributed by atoms with Gasteiger partial charge in [0.25, 0.3) is 0 Å². The second-order valence-corrected chi connectivity index (χ2v) is 1.76. The molecule has 1 rings (SSSR count). The largest absolute Gasteiger partial charge is 0.396 e. The van der Waals surface area contributed by atoms with Crippen molar-refractivity contribution in [3.63, 3.8) is 0 Å². The molecule has 0 aliphatic carbocycles. The fraction of sp³-hybridized carbons (Fsp3) is 0.286. The van der Waals surface area contributed by atoms with E-state index in [2.05, 4.69) is 15.1 Å². The molecule has 66 valence electrons. The number of halogens is 1. The van der Waals surface area contributed by atoms with Crippen molar-refractivity contribution in [2.24, 2.45) is 5.16 Å². The third-order valence-corrected chi connectivity index (χ3v) is 0.958. The van der Waals surface area contributed by atoms with Crippen LogP contribution in [0.15, 0.2) is 23.6 Å². The van der Waals surface area contributed by atoms with Crippen LogP contribution in [0.2, 0.25) is 0 Å². The normalized spacial score (nSPS) is 9.42. The zero-order valence-corrected chi connectivity index (χ0v) is 7.49. The summed E-state index contributed by atoms with van der Waals surface area (Å²) in [6, 6.07) is 1.75. The Labute approximate surface area is 77.1 Å². The summed E-state index contributed by atoms with van der Waals surface area (Å²) in [7, 11) is 0. The highest BCUT2D eigenvalue weighted by Crippen LogP contribution is 1.82. The quantitative estimate of drug-likeness (QED) is 0.529. The number of hydrogen-bond acceptors (Lipinski definition) is 4. The summed E-state index contributed by atoms with van der Waals surface area (Å²) < 4.78 is 0. The van der Waals surface area contributed by atoms with Crippen LogP contribution in [0.1, 0.15) is 12.7 Å². The van der Waals surface area contributed by atoms with E-state index in [-0.39, 0.29) is 12.4 Å². The molecule has 0 saturated carbocycles. The lowest BCUT2D eigenvalue weighted by atomic mass is 10.6. The second kappa shape index (κ2) is 6.54. The molecule has 1 aromatic rings. The SMILES string of the molecule is CCON=Cc1ncccn1.Cl. The minimum Gasteiger partial charge on any atom is -0.396 e. The summed E-state index contributed by atoms with van der Waals surface area (Å²) in [4.78, 5) is 12.5. The third kappa shape index (κ3) is 3.88. The molecule has 0 fully saturated rings. The Morgan fingerprint density at radius 2 is 2.17 bits per heavy atom. The maximum absolute atomic E-state index is 4.73. The molecule has 12 heavy (non-hydrogen) atoms. The summed E-state index contributed by atoms with van der Waals surface area (Å²) >= 11 is 0. The monoisotopic (exact) mass is 187 g/mol. The lowest BCUT2D eigenvalue weighted by Crippen LogP contribution is -1.91. The molecule has 0 amide bonds. The first kappa shape index (κ1) is 10.8. The molecular weight excluding hydrogens is 178 g/mol. The fourth-order valence-corrected chi connectivity index (χ4v) is 0.536. The third-order valence-electron chi connectivity index (χ3n) is 0.958. The van der Waals surface area contributed by atoms with Crippen LogP contribution in [0.4, 0.5) is 0 Å². The molecule has 5 heteroatoms. The Hall–Kier alpha value is -1.16. The van der Waals surface area contributed by atoms with Crippen LogP contribution in [0.25, 0.3) is 0 Å². The first-order valence-electron chi connectivity index (χ1n) is 3.36. The predicted molar refractivity (Wildman–Crippen MR) is 48.5 cm³/mol. The van der Waals surface area contributed by atoms with Gasteiger partial charge in [-0.05, 0) is 13.0 Å². The van der Waals surface area contributed by atoms with E-state index in [1.54, 1.807) is 18.5 Å². The standard InChI is InChI=1S/C7H9N3O.ClH/c1-2-11-10-6-7-8-4-3-5-9-7;/h3-6H,2H2,1H3;1H. The van der Waals surface area contributed by atoms with E-state index in [1.165, 1.54) is 6.21 Å². The molecule has 0 aliphatic rings. The molecule has 0 aliphatic heterocycles. The van der Waals surface area contributed by atoms with Gasteiger partial charge in [0.1, 0.15) is 12.8 Å². The smallest absolute Gasteiger partial charge is 0.173 e. The van der Waals surface area contributed by atoms with E-state index >= 15 is 0 Å². The molecular formula is C7H10ClN3O. The van der Waals surface area contributed by atoms with Crippen LogP contribution < -0.4 is 0 Å². The Morgan fingerprint density at radius 3 is 2.75 bits per heavy atom. The Bertz CT molecular complexity index is 227. The molecule has 4 nitrogen and oxygen atoms in total. The van der Waals surface area contributed by atoms with Gasteiger partial charge in [0.15, 0.2) is 5.82 Å². The van der Waals surface area contributed by atoms with Crippen LogP contribution in [0, 0.1) is 0 Å². The fourth-order valence-electron chi connectivity index (χ4n) is 0.536. The first-order valence-corrected chi connectivity index (χ1v) is 3.36. The molecule has 0 N–H and O–H groups in total. The maximum atomic E-state index is 4.73. The van der Waals surface area contributed by atoms with E-state index < -0.39 is 0 Å². The van der Waals surface area contributed by atoms with E-state index in [0.29, 0.717) is 12.4 Å². The highest BCUT2D eigenvalue weighted by Gasteiger charge is 1.85. The van der Waals surface area contributed by atoms with E-state index in [9.17, 15) is 0 Å². The van der Waals surface area contributed by atoms with Crippen molar-refractivity contribution >= 4 is 18.6 Å². The molecule has 0 radical (unpaired) electrons. The highest BCUT2D eigenvalue weighted by molar-refractivity contribution is 5.85. The van der Waals surface area contributed by atoms with E-state index in [0.717, 1.165) is 0 Å². The Morgan fingerprint density at radius 1 is 1.50 bits per heavy atom. The predicted octanol–water partition coefficient (Wildman–Crippen LogP) is 1.27.